The van der Waals surface area contributed by atoms with Crippen molar-refractivity contribution in [3.8, 4) is 11.3 Å². The largest absolute Gasteiger partial charge is 0.417 e. The SMILES string of the molecule is Nc1cnc(NC2CC[C@H](CO)C2)nc1-c1c[nH]c2ncc(C(F)(F)F)cc12. The van der Waals surface area contributed by atoms with Crippen LogP contribution < -0.4 is 11.1 Å². The highest BCUT2D eigenvalue weighted by molar-refractivity contribution is 5.95. The molecule has 3 aromatic heterocycles. The number of hydrogen-bond acceptors (Lipinski definition) is 6. The quantitative estimate of drug-likeness (QED) is 0.542. The number of fused-ring (bicyclic) bond motifs is 1. The predicted molar refractivity (Wildman–Crippen MR) is 98.4 cm³/mol. The molecular formula is C18H19F3N6O. The number of nitrogen functional groups attached to an aromatic ring is 1. The van der Waals surface area contributed by atoms with E-state index >= 15 is 0 Å². The third-order valence-electron chi connectivity index (χ3n) is 5.06. The summed E-state index contributed by atoms with van der Waals surface area (Å²) in [6.07, 6.45) is 1.89. The first-order valence-electron chi connectivity index (χ1n) is 8.89. The van der Waals surface area contributed by atoms with E-state index in [1.807, 2.05) is 0 Å². The van der Waals surface area contributed by atoms with Crippen LogP contribution in [-0.2, 0) is 6.18 Å². The van der Waals surface area contributed by atoms with Crippen molar-refractivity contribution in [1.29, 1.82) is 0 Å². The zero-order valence-electron chi connectivity index (χ0n) is 14.8. The van der Waals surface area contributed by atoms with Crippen molar-refractivity contribution in [3.05, 3.63) is 30.2 Å². The Balaban J connectivity index is 1.69. The van der Waals surface area contributed by atoms with Gasteiger partial charge in [0, 0.05) is 36.0 Å². The Labute approximate surface area is 158 Å². The van der Waals surface area contributed by atoms with E-state index in [4.69, 9.17) is 5.73 Å². The third kappa shape index (κ3) is 3.47. The third-order valence-corrected chi connectivity index (χ3v) is 5.06. The topological polar surface area (TPSA) is 113 Å². The summed E-state index contributed by atoms with van der Waals surface area (Å²) >= 11 is 0. The molecule has 7 nitrogen and oxygen atoms in total. The van der Waals surface area contributed by atoms with Crippen LogP contribution in [0.4, 0.5) is 24.8 Å². The first-order chi connectivity index (χ1) is 13.3. The average molecular weight is 392 g/mol. The minimum Gasteiger partial charge on any atom is -0.396 e. The Morgan fingerprint density at radius 1 is 1.25 bits per heavy atom. The number of aromatic nitrogens is 4. The predicted octanol–water partition coefficient (Wildman–Crippen LogP) is 3.19. The number of halogens is 3. The molecule has 4 rings (SSSR count). The number of nitrogens with one attached hydrogen (secondary N) is 2. The molecule has 0 aliphatic heterocycles. The van der Waals surface area contributed by atoms with Gasteiger partial charge in [-0.15, -0.1) is 0 Å². The van der Waals surface area contributed by atoms with Crippen LogP contribution in [0, 0.1) is 5.92 Å². The van der Waals surface area contributed by atoms with E-state index in [-0.39, 0.29) is 29.6 Å². The summed E-state index contributed by atoms with van der Waals surface area (Å²) in [6.45, 7) is 0.149. The summed E-state index contributed by atoms with van der Waals surface area (Å²) in [5.74, 6) is 0.605. The number of anilines is 2. The number of pyridine rings is 1. The highest BCUT2D eigenvalue weighted by Crippen LogP contribution is 2.35. The minimum absolute atomic E-state index is 0.134. The molecule has 148 valence electrons. The minimum atomic E-state index is -4.49. The molecule has 0 saturated heterocycles. The molecule has 10 heteroatoms. The lowest BCUT2D eigenvalue weighted by Gasteiger charge is -2.14. The summed E-state index contributed by atoms with van der Waals surface area (Å²) in [6, 6.07) is 1.17. The van der Waals surface area contributed by atoms with Crippen LogP contribution in [0.25, 0.3) is 22.3 Å². The van der Waals surface area contributed by atoms with Crippen molar-refractivity contribution < 1.29 is 18.3 Å². The molecule has 0 bridgehead atoms. The Hall–Kier alpha value is -2.88. The lowest BCUT2D eigenvalue weighted by atomic mass is 10.1. The molecule has 0 spiro atoms. The number of H-pyrrole nitrogens is 1. The molecule has 2 atom stereocenters. The molecule has 5 N–H and O–H groups in total. The van der Waals surface area contributed by atoms with Gasteiger partial charge in [0.1, 0.15) is 11.3 Å². The highest BCUT2D eigenvalue weighted by atomic mass is 19.4. The van der Waals surface area contributed by atoms with Gasteiger partial charge in [0.15, 0.2) is 0 Å². The standard InChI is InChI=1S/C18H19F3N6O/c19-18(20,21)10-4-12-13(6-24-16(12)23-5-10)15-14(22)7-25-17(27-15)26-11-2-1-9(3-11)8-28/h4-7,9,11,28H,1-3,8,22H2,(H,23,24)(H,25,26,27)/t9-,11?/m0/s1. The fraction of sp³-hybridized carbons (Fsp3) is 0.389. The van der Waals surface area contributed by atoms with Gasteiger partial charge >= 0.3 is 6.18 Å². The number of alkyl halides is 3. The maximum Gasteiger partial charge on any atom is 0.417 e. The van der Waals surface area contributed by atoms with Crippen LogP contribution in [0.3, 0.4) is 0 Å². The van der Waals surface area contributed by atoms with Crippen LogP contribution in [0.1, 0.15) is 24.8 Å². The first kappa shape index (κ1) is 18.5. The van der Waals surface area contributed by atoms with E-state index in [9.17, 15) is 18.3 Å². The second kappa shape index (κ2) is 6.93. The maximum atomic E-state index is 13.1. The molecule has 3 aromatic rings. The zero-order valence-corrected chi connectivity index (χ0v) is 14.8. The number of aromatic amines is 1. The summed E-state index contributed by atoms with van der Waals surface area (Å²) in [4.78, 5) is 15.3. The molecule has 0 radical (unpaired) electrons. The molecule has 1 aliphatic carbocycles. The summed E-state index contributed by atoms with van der Waals surface area (Å²) < 4.78 is 39.2. The second-order valence-electron chi connectivity index (χ2n) is 7.02. The normalized spacial score (nSPS) is 20.0. The summed E-state index contributed by atoms with van der Waals surface area (Å²) in [5, 5.41) is 12.8. The average Bonchev–Trinajstić information content (AvgIpc) is 3.28. The van der Waals surface area contributed by atoms with Gasteiger partial charge in [-0.2, -0.15) is 13.2 Å². The lowest BCUT2D eigenvalue weighted by Crippen LogP contribution is -2.18. The van der Waals surface area contributed by atoms with Crippen LogP contribution in [-0.4, -0.2) is 37.7 Å². The Bertz CT molecular complexity index is 1000. The molecule has 0 aromatic carbocycles. The van der Waals surface area contributed by atoms with Gasteiger partial charge in [-0.25, -0.2) is 15.0 Å². The molecule has 28 heavy (non-hydrogen) atoms. The molecule has 1 aliphatic rings. The van der Waals surface area contributed by atoms with Gasteiger partial charge in [-0.1, -0.05) is 0 Å². The van der Waals surface area contributed by atoms with Crippen LogP contribution in [0.5, 0.6) is 0 Å². The van der Waals surface area contributed by atoms with Crippen molar-refractivity contribution >= 4 is 22.7 Å². The van der Waals surface area contributed by atoms with E-state index < -0.39 is 11.7 Å². The van der Waals surface area contributed by atoms with Crippen LogP contribution >= 0.6 is 0 Å². The lowest BCUT2D eigenvalue weighted by molar-refractivity contribution is -0.137. The molecule has 0 amide bonds. The summed E-state index contributed by atoms with van der Waals surface area (Å²) in [7, 11) is 0. The van der Waals surface area contributed by atoms with Gasteiger partial charge in [-0.3, -0.25) is 0 Å². The smallest absolute Gasteiger partial charge is 0.396 e. The number of aliphatic hydroxyl groups is 1. The number of hydrogen-bond donors (Lipinski definition) is 4. The molecule has 3 heterocycles. The van der Waals surface area contributed by atoms with Crippen molar-refractivity contribution in [2.75, 3.05) is 17.7 Å². The van der Waals surface area contributed by atoms with Crippen molar-refractivity contribution in [1.82, 2.24) is 19.9 Å². The fourth-order valence-corrected chi connectivity index (χ4v) is 3.59. The van der Waals surface area contributed by atoms with Crippen molar-refractivity contribution in [3.63, 3.8) is 0 Å². The molecular weight excluding hydrogens is 373 g/mol. The van der Waals surface area contributed by atoms with Gasteiger partial charge in [0.2, 0.25) is 5.95 Å². The molecule has 1 unspecified atom stereocenters. The van der Waals surface area contributed by atoms with Crippen LogP contribution in [0.15, 0.2) is 24.7 Å². The zero-order chi connectivity index (χ0) is 19.9. The maximum absolute atomic E-state index is 13.1. The van der Waals surface area contributed by atoms with E-state index in [2.05, 4.69) is 25.3 Å². The van der Waals surface area contributed by atoms with E-state index in [1.54, 1.807) is 0 Å². The number of rotatable bonds is 4. The second-order valence-corrected chi connectivity index (χ2v) is 7.02. The Kier molecular flexibility index (Phi) is 4.58. The number of nitrogens with two attached hydrogens (primary N) is 1. The Morgan fingerprint density at radius 2 is 2.07 bits per heavy atom. The van der Waals surface area contributed by atoms with Gasteiger partial charge in [0.25, 0.3) is 0 Å². The van der Waals surface area contributed by atoms with Crippen LogP contribution in [0.2, 0.25) is 0 Å². The number of nitrogens with zero attached hydrogens (tertiary/aromatic N) is 3. The van der Waals surface area contributed by atoms with Gasteiger partial charge in [0.05, 0.1) is 17.4 Å². The van der Waals surface area contributed by atoms with Gasteiger partial charge in [-0.05, 0) is 31.2 Å². The monoisotopic (exact) mass is 392 g/mol. The molecule has 1 fully saturated rings. The summed E-state index contributed by atoms with van der Waals surface area (Å²) in [5.41, 5.74) is 6.50. The highest BCUT2D eigenvalue weighted by Gasteiger charge is 2.32. The van der Waals surface area contributed by atoms with Crippen molar-refractivity contribution in [2.45, 2.75) is 31.5 Å². The fourth-order valence-electron chi connectivity index (χ4n) is 3.59. The van der Waals surface area contributed by atoms with Gasteiger partial charge < -0.3 is 21.1 Å². The Morgan fingerprint density at radius 3 is 2.79 bits per heavy atom. The first-order valence-corrected chi connectivity index (χ1v) is 8.89. The number of aliphatic hydroxyl groups excluding tert-OH is 1. The van der Waals surface area contributed by atoms with E-state index in [0.29, 0.717) is 22.9 Å². The van der Waals surface area contributed by atoms with E-state index in [0.717, 1.165) is 31.5 Å². The molecule has 1 saturated carbocycles. The van der Waals surface area contributed by atoms with Crippen molar-refractivity contribution in [2.24, 2.45) is 5.92 Å². The van der Waals surface area contributed by atoms with E-state index in [1.165, 1.54) is 12.4 Å².